The molecule has 1 aromatic carbocycles. The number of piperidine rings is 1. The van der Waals surface area contributed by atoms with Crippen molar-refractivity contribution in [3.8, 4) is 0 Å². The highest BCUT2D eigenvalue weighted by Gasteiger charge is 2.25. The van der Waals surface area contributed by atoms with Crippen molar-refractivity contribution < 1.29 is 8.42 Å². The second-order valence-corrected chi connectivity index (χ2v) is 8.04. The van der Waals surface area contributed by atoms with Gasteiger partial charge in [0.25, 0.3) is 0 Å². The standard InChI is InChI=1S/C16H22N4O2S/c21-23(22,16-7-2-1-3-8-16)11-10-19-9-5-4-6-15(19)12-20-14-17-13-18-20/h1-3,7-8,13-15H,4-6,9-12H2/t15-/m1/s1. The van der Waals surface area contributed by atoms with Crippen molar-refractivity contribution in [2.75, 3.05) is 18.8 Å². The molecule has 2 heterocycles. The van der Waals surface area contributed by atoms with E-state index < -0.39 is 9.84 Å². The largest absolute Gasteiger partial charge is 0.298 e. The molecule has 0 bridgehead atoms. The van der Waals surface area contributed by atoms with E-state index in [2.05, 4.69) is 15.0 Å². The van der Waals surface area contributed by atoms with Gasteiger partial charge in [-0.05, 0) is 31.5 Å². The maximum absolute atomic E-state index is 12.4. The summed E-state index contributed by atoms with van der Waals surface area (Å²) < 4.78 is 26.7. The van der Waals surface area contributed by atoms with E-state index in [-0.39, 0.29) is 5.75 Å². The van der Waals surface area contributed by atoms with Gasteiger partial charge in [0, 0.05) is 12.6 Å². The summed E-state index contributed by atoms with van der Waals surface area (Å²) in [5.41, 5.74) is 0. The summed E-state index contributed by atoms with van der Waals surface area (Å²) in [4.78, 5) is 6.67. The zero-order valence-electron chi connectivity index (χ0n) is 13.1. The lowest BCUT2D eigenvalue weighted by molar-refractivity contribution is 0.137. The molecule has 0 spiro atoms. The van der Waals surface area contributed by atoms with Crippen LogP contribution in [0, 0.1) is 0 Å². The first kappa shape index (κ1) is 16.1. The van der Waals surface area contributed by atoms with Crippen LogP contribution in [0.3, 0.4) is 0 Å². The molecule has 0 unspecified atom stereocenters. The van der Waals surface area contributed by atoms with E-state index in [9.17, 15) is 8.42 Å². The van der Waals surface area contributed by atoms with E-state index in [0.29, 0.717) is 17.5 Å². The molecular weight excluding hydrogens is 312 g/mol. The topological polar surface area (TPSA) is 68.1 Å². The Balaban J connectivity index is 1.63. The van der Waals surface area contributed by atoms with Crippen molar-refractivity contribution in [1.82, 2.24) is 19.7 Å². The molecular formula is C16H22N4O2S. The Labute approximate surface area is 137 Å². The average Bonchev–Trinajstić information content (AvgIpc) is 3.08. The molecule has 0 aliphatic carbocycles. The minimum absolute atomic E-state index is 0.158. The van der Waals surface area contributed by atoms with Gasteiger partial charge in [0.05, 0.1) is 17.2 Å². The van der Waals surface area contributed by atoms with Crippen LogP contribution in [-0.4, -0.2) is 53.0 Å². The maximum atomic E-state index is 12.4. The van der Waals surface area contributed by atoms with Gasteiger partial charge in [-0.15, -0.1) is 0 Å². The number of hydrogen-bond donors (Lipinski definition) is 0. The lowest BCUT2D eigenvalue weighted by Crippen LogP contribution is -2.44. The van der Waals surface area contributed by atoms with Crippen LogP contribution in [0.5, 0.6) is 0 Å². The van der Waals surface area contributed by atoms with Crippen molar-refractivity contribution in [2.45, 2.75) is 36.7 Å². The molecule has 124 valence electrons. The minimum Gasteiger partial charge on any atom is -0.298 e. The summed E-state index contributed by atoms with van der Waals surface area (Å²) in [5, 5.41) is 4.16. The van der Waals surface area contributed by atoms with Gasteiger partial charge in [-0.1, -0.05) is 24.6 Å². The summed E-state index contributed by atoms with van der Waals surface area (Å²) in [6.07, 6.45) is 6.63. The molecule has 1 atom stereocenters. The Kier molecular flexibility index (Phi) is 5.07. The van der Waals surface area contributed by atoms with Crippen LogP contribution in [0.25, 0.3) is 0 Å². The summed E-state index contributed by atoms with van der Waals surface area (Å²) in [5.74, 6) is 0.158. The molecule has 0 radical (unpaired) electrons. The van der Waals surface area contributed by atoms with E-state index in [1.165, 1.54) is 12.7 Å². The smallest absolute Gasteiger partial charge is 0.179 e. The molecule has 0 saturated carbocycles. The average molecular weight is 334 g/mol. The van der Waals surface area contributed by atoms with E-state index >= 15 is 0 Å². The predicted molar refractivity (Wildman–Crippen MR) is 87.7 cm³/mol. The Hall–Kier alpha value is -1.73. The lowest BCUT2D eigenvalue weighted by Gasteiger charge is -2.35. The van der Waals surface area contributed by atoms with Crippen LogP contribution in [-0.2, 0) is 16.4 Å². The highest BCUT2D eigenvalue weighted by Crippen LogP contribution is 2.19. The SMILES string of the molecule is O=S(=O)(CCN1CCCC[C@@H]1Cn1cncn1)c1ccccc1. The molecule has 1 aliphatic heterocycles. The first-order chi connectivity index (χ1) is 11.1. The lowest BCUT2D eigenvalue weighted by atomic mass is 10.0. The molecule has 0 N–H and O–H groups in total. The number of sulfone groups is 1. The monoisotopic (exact) mass is 334 g/mol. The molecule has 1 saturated heterocycles. The summed E-state index contributed by atoms with van der Waals surface area (Å²) in [6, 6.07) is 9.02. The summed E-state index contributed by atoms with van der Waals surface area (Å²) >= 11 is 0. The highest BCUT2D eigenvalue weighted by atomic mass is 32.2. The van der Waals surface area contributed by atoms with E-state index in [4.69, 9.17) is 0 Å². The molecule has 1 aromatic heterocycles. The zero-order chi connectivity index (χ0) is 16.1. The Bertz CT molecular complexity index is 701. The van der Waals surface area contributed by atoms with E-state index in [1.807, 2.05) is 10.7 Å². The highest BCUT2D eigenvalue weighted by molar-refractivity contribution is 7.91. The quantitative estimate of drug-likeness (QED) is 0.803. The Morgan fingerprint density at radius 3 is 2.74 bits per heavy atom. The van der Waals surface area contributed by atoms with Gasteiger partial charge in [-0.2, -0.15) is 5.10 Å². The normalized spacial score (nSPS) is 19.7. The molecule has 1 aliphatic rings. The fraction of sp³-hybridized carbons (Fsp3) is 0.500. The molecule has 3 rings (SSSR count). The van der Waals surface area contributed by atoms with Crippen molar-refractivity contribution >= 4 is 9.84 Å². The zero-order valence-corrected chi connectivity index (χ0v) is 13.9. The number of benzene rings is 1. The van der Waals surface area contributed by atoms with Gasteiger partial charge >= 0.3 is 0 Å². The minimum atomic E-state index is -3.22. The van der Waals surface area contributed by atoms with Crippen LogP contribution in [0.15, 0.2) is 47.9 Å². The van der Waals surface area contributed by atoms with Crippen molar-refractivity contribution in [3.63, 3.8) is 0 Å². The molecule has 1 fully saturated rings. The third-order valence-corrected chi connectivity index (χ3v) is 6.07. The molecule has 6 nitrogen and oxygen atoms in total. The molecule has 2 aromatic rings. The Morgan fingerprint density at radius 2 is 2.00 bits per heavy atom. The molecule has 7 heteroatoms. The first-order valence-electron chi connectivity index (χ1n) is 7.99. The van der Waals surface area contributed by atoms with Crippen LogP contribution in [0.1, 0.15) is 19.3 Å². The second-order valence-electron chi connectivity index (χ2n) is 5.94. The molecule has 23 heavy (non-hydrogen) atoms. The van der Waals surface area contributed by atoms with Crippen LogP contribution in [0.4, 0.5) is 0 Å². The van der Waals surface area contributed by atoms with Crippen molar-refractivity contribution in [1.29, 1.82) is 0 Å². The third kappa shape index (κ3) is 4.17. The van der Waals surface area contributed by atoms with E-state index in [0.717, 1.165) is 25.9 Å². The molecule has 0 amide bonds. The fourth-order valence-corrected chi connectivity index (χ4v) is 4.37. The van der Waals surface area contributed by atoms with Crippen LogP contribution in [0.2, 0.25) is 0 Å². The van der Waals surface area contributed by atoms with Gasteiger partial charge in [0.1, 0.15) is 12.7 Å². The second kappa shape index (κ2) is 7.23. The van der Waals surface area contributed by atoms with Crippen molar-refractivity contribution in [2.24, 2.45) is 0 Å². The van der Waals surface area contributed by atoms with Gasteiger partial charge in [-0.3, -0.25) is 9.58 Å². The third-order valence-electron chi connectivity index (χ3n) is 4.36. The fourth-order valence-electron chi connectivity index (χ4n) is 3.09. The predicted octanol–water partition coefficient (Wildman–Crippen LogP) is 1.61. The maximum Gasteiger partial charge on any atom is 0.179 e. The van der Waals surface area contributed by atoms with Gasteiger partial charge < -0.3 is 0 Å². The van der Waals surface area contributed by atoms with Crippen molar-refractivity contribution in [3.05, 3.63) is 43.0 Å². The Morgan fingerprint density at radius 1 is 1.17 bits per heavy atom. The number of hydrogen-bond acceptors (Lipinski definition) is 5. The number of aromatic nitrogens is 3. The number of likely N-dealkylation sites (tertiary alicyclic amines) is 1. The summed E-state index contributed by atoms with van der Waals surface area (Å²) in [6.45, 7) is 2.28. The van der Waals surface area contributed by atoms with Gasteiger partial charge in [0.15, 0.2) is 9.84 Å². The van der Waals surface area contributed by atoms with Crippen LogP contribution < -0.4 is 0 Å². The van der Waals surface area contributed by atoms with E-state index in [1.54, 1.807) is 30.6 Å². The summed E-state index contributed by atoms with van der Waals surface area (Å²) in [7, 11) is -3.22. The number of rotatable bonds is 6. The number of nitrogens with zero attached hydrogens (tertiary/aromatic N) is 4. The van der Waals surface area contributed by atoms with Crippen LogP contribution >= 0.6 is 0 Å². The van der Waals surface area contributed by atoms with Gasteiger partial charge in [0.2, 0.25) is 0 Å². The first-order valence-corrected chi connectivity index (χ1v) is 9.65. The van der Waals surface area contributed by atoms with Gasteiger partial charge in [-0.25, -0.2) is 13.4 Å².